The van der Waals surface area contributed by atoms with Crippen molar-refractivity contribution in [2.45, 2.75) is 30.5 Å². The van der Waals surface area contributed by atoms with E-state index in [2.05, 4.69) is 4.72 Å². The summed E-state index contributed by atoms with van der Waals surface area (Å²) in [5.41, 5.74) is -0.743. The molecule has 0 bridgehead atoms. The number of halogens is 5. The molecule has 11 heteroatoms. The first kappa shape index (κ1) is 23.0. The number of hydrogen-bond acceptors (Lipinski definition) is 4. The van der Waals surface area contributed by atoms with Crippen LogP contribution in [0.15, 0.2) is 35.2 Å². The standard InChI is InChI=1S/C19H19Cl2F3N2O3S/c1-11-7-12(20)8-16(21)18(11)30(27,28)25-13-3-4-15(19(22,23)24)17(9-13)29-14-5-6-26(2)10-14/h3-4,7-9,14,25H,5-6,10H2,1-2H3/t14-/m0/s1. The van der Waals surface area contributed by atoms with E-state index in [9.17, 15) is 21.6 Å². The topological polar surface area (TPSA) is 58.6 Å². The zero-order valence-electron chi connectivity index (χ0n) is 16.1. The van der Waals surface area contributed by atoms with Gasteiger partial charge >= 0.3 is 6.18 Å². The Balaban J connectivity index is 1.95. The third-order valence-corrected chi connectivity index (χ3v) is 6.86. The number of sulfonamides is 1. The normalized spacial score (nSPS) is 17.9. The number of nitrogens with zero attached hydrogens (tertiary/aromatic N) is 1. The number of alkyl halides is 3. The summed E-state index contributed by atoms with van der Waals surface area (Å²) in [4.78, 5) is 1.74. The molecule has 3 rings (SSSR count). The van der Waals surface area contributed by atoms with E-state index in [4.69, 9.17) is 27.9 Å². The zero-order valence-corrected chi connectivity index (χ0v) is 18.4. The maximum Gasteiger partial charge on any atom is 0.419 e. The lowest BCUT2D eigenvalue weighted by Gasteiger charge is -2.20. The Bertz CT molecular complexity index is 1040. The molecule has 30 heavy (non-hydrogen) atoms. The molecule has 5 nitrogen and oxygen atoms in total. The minimum absolute atomic E-state index is 0.0743. The average molecular weight is 483 g/mol. The Morgan fingerprint density at radius 3 is 2.47 bits per heavy atom. The molecule has 0 aliphatic carbocycles. The minimum atomic E-state index is -4.65. The van der Waals surface area contributed by atoms with Crippen molar-refractivity contribution in [1.29, 1.82) is 0 Å². The second-order valence-corrected chi connectivity index (χ2v) is 9.60. The lowest BCUT2D eigenvalue weighted by molar-refractivity contribution is -0.139. The van der Waals surface area contributed by atoms with Gasteiger partial charge in [0, 0.05) is 24.2 Å². The SMILES string of the molecule is Cc1cc(Cl)cc(Cl)c1S(=O)(=O)Nc1ccc(C(F)(F)F)c(O[C@H]2CCN(C)C2)c1. The van der Waals surface area contributed by atoms with Gasteiger partial charge in [0.15, 0.2) is 0 Å². The van der Waals surface area contributed by atoms with Crippen LogP contribution in [0.1, 0.15) is 17.5 Å². The Kier molecular flexibility index (Phi) is 6.48. The number of rotatable bonds is 5. The van der Waals surface area contributed by atoms with Gasteiger partial charge in [-0.2, -0.15) is 13.2 Å². The molecule has 1 fully saturated rings. The van der Waals surface area contributed by atoms with Crippen LogP contribution in [0, 0.1) is 6.92 Å². The van der Waals surface area contributed by atoms with Gasteiger partial charge in [0.25, 0.3) is 10.0 Å². The number of hydrogen-bond donors (Lipinski definition) is 1. The van der Waals surface area contributed by atoms with Crippen molar-refractivity contribution in [2.24, 2.45) is 0 Å². The van der Waals surface area contributed by atoms with Crippen molar-refractivity contribution in [3.05, 3.63) is 51.5 Å². The second-order valence-electron chi connectivity index (χ2n) is 7.14. The highest BCUT2D eigenvalue weighted by molar-refractivity contribution is 7.92. The predicted molar refractivity (Wildman–Crippen MR) is 110 cm³/mol. The van der Waals surface area contributed by atoms with E-state index in [0.29, 0.717) is 25.1 Å². The highest BCUT2D eigenvalue weighted by Crippen LogP contribution is 2.39. The maximum absolute atomic E-state index is 13.4. The highest BCUT2D eigenvalue weighted by Gasteiger charge is 2.36. The molecule has 1 aliphatic rings. The van der Waals surface area contributed by atoms with Crippen LogP contribution in [0.5, 0.6) is 5.75 Å². The monoisotopic (exact) mass is 482 g/mol. The maximum atomic E-state index is 13.4. The molecule has 0 amide bonds. The van der Waals surface area contributed by atoms with Gasteiger partial charge in [-0.15, -0.1) is 0 Å². The molecule has 0 saturated carbocycles. The molecule has 1 aliphatic heterocycles. The van der Waals surface area contributed by atoms with Crippen LogP contribution in [0.3, 0.4) is 0 Å². The molecular weight excluding hydrogens is 464 g/mol. The summed E-state index contributed by atoms with van der Waals surface area (Å²) in [6.07, 6.45) is -4.49. The van der Waals surface area contributed by atoms with E-state index in [0.717, 1.165) is 18.2 Å². The summed E-state index contributed by atoms with van der Waals surface area (Å²) in [7, 11) is -2.33. The van der Waals surface area contributed by atoms with E-state index in [1.54, 1.807) is 0 Å². The van der Waals surface area contributed by atoms with Gasteiger partial charge in [0.1, 0.15) is 16.7 Å². The fraction of sp³-hybridized carbons (Fsp3) is 0.368. The molecule has 1 saturated heterocycles. The van der Waals surface area contributed by atoms with Crippen LogP contribution >= 0.6 is 23.2 Å². The molecule has 0 spiro atoms. The molecule has 164 valence electrons. The van der Waals surface area contributed by atoms with E-state index >= 15 is 0 Å². The molecule has 0 aromatic heterocycles. The Hall–Kier alpha value is -1.68. The van der Waals surface area contributed by atoms with Crippen molar-refractivity contribution < 1.29 is 26.3 Å². The summed E-state index contributed by atoms with van der Waals surface area (Å²) >= 11 is 11.9. The van der Waals surface area contributed by atoms with Crippen molar-refractivity contribution >= 4 is 38.9 Å². The van der Waals surface area contributed by atoms with Gasteiger partial charge in [-0.3, -0.25) is 4.72 Å². The van der Waals surface area contributed by atoms with E-state index in [1.807, 2.05) is 11.9 Å². The number of anilines is 1. The summed E-state index contributed by atoms with van der Waals surface area (Å²) in [6.45, 7) is 2.70. The van der Waals surface area contributed by atoms with Crippen LogP contribution in [0.2, 0.25) is 10.0 Å². The van der Waals surface area contributed by atoms with E-state index < -0.39 is 33.6 Å². The number of aryl methyl sites for hydroxylation is 1. The molecule has 2 aromatic carbocycles. The number of benzene rings is 2. The number of likely N-dealkylation sites (N-methyl/N-ethyl adjacent to an activating group) is 1. The summed E-state index contributed by atoms with van der Waals surface area (Å²) in [6, 6.07) is 5.58. The Morgan fingerprint density at radius 1 is 1.20 bits per heavy atom. The minimum Gasteiger partial charge on any atom is -0.488 e. The fourth-order valence-corrected chi connectivity index (χ4v) is 5.56. The van der Waals surface area contributed by atoms with Crippen molar-refractivity contribution in [2.75, 3.05) is 24.9 Å². The van der Waals surface area contributed by atoms with Crippen LogP contribution in [0.25, 0.3) is 0 Å². The van der Waals surface area contributed by atoms with Crippen molar-refractivity contribution in [3.63, 3.8) is 0 Å². The molecule has 0 unspecified atom stereocenters. The third kappa shape index (κ3) is 5.14. The van der Waals surface area contributed by atoms with Gasteiger partial charge in [-0.1, -0.05) is 23.2 Å². The van der Waals surface area contributed by atoms with E-state index in [1.165, 1.54) is 19.1 Å². The predicted octanol–water partition coefficient (Wildman–Crippen LogP) is 5.20. The highest BCUT2D eigenvalue weighted by atomic mass is 35.5. The largest absolute Gasteiger partial charge is 0.488 e. The second kappa shape index (κ2) is 8.45. The number of nitrogens with one attached hydrogen (secondary N) is 1. The molecule has 1 atom stereocenters. The number of ether oxygens (including phenoxy) is 1. The molecule has 2 aromatic rings. The Labute approximate surface area is 182 Å². The van der Waals surface area contributed by atoms with E-state index in [-0.39, 0.29) is 20.6 Å². The van der Waals surface area contributed by atoms with Gasteiger partial charge in [-0.25, -0.2) is 8.42 Å². The van der Waals surface area contributed by atoms with Crippen molar-refractivity contribution in [1.82, 2.24) is 4.90 Å². The summed E-state index contributed by atoms with van der Waals surface area (Å²) in [5.74, 6) is -0.429. The van der Waals surface area contributed by atoms with Crippen LogP contribution in [-0.2, 0) is 16.2 Å². The fourth-order valence-electron chi connectivity index (χ4n) is 3.32. The lowest BCUT2D eigenvalue weighted by Crippen LogP contribution is -2.23. The smallest absolute Gasteiger partial charge is 0.419 e. The molecule has 1 N–H and O–H groups in total. The molecule has 1 heterocycles. The van der Waals surface area contributed by atoms with Gasteiger partial charge < -0.3 is 9.64 Å². The lowest BCUT2D eigenvalue weighted by atomic mass is 10.1. The first-order chi connectivity index (χ1) is 13.9. The quantitative estimate of drug-likeness (QED) is 0.635. The zero-order chi connectivity index (χ0) is 22.3. The van der Waals surface area contributed by atoms with Crippen LogP contribution < -0.4 is 9.46 Å². The number of likely N-dealkylation sites (tertiary alicyclic amines) is 1. The Morgan fingerprint density at radius 2 is 1.90 bits per heavy atom. The first-order valence-electron chi connectivity index (χ1n) is 8.92. The molecule has 0 radical (unpaired) electrons. The van der Waals surface area contributed by atoms with Gasteiger partial charge in [0.05, 0.1) is 16.3 Å². The molecular formula is C19H19Cl2F3N2O3S. The summed E-state index contributed by atoms with van der Waals surface area (Å²) < 4.78 is 73.8. The third-order valence-electron chi connectivity index (χ3n) is 4.64. The first-order valence-corrected chi connectivity index (χ1v) is 11.2. The summed E-state index contributed by atoms with van der Waals surface area (Å²) in [5, 5.41) is 0.174. The van der Waals surface area contributed by atoms with Crippen LogP contribution in [0.4, 0.5) is 18.9 Å². The average Bonchev–Trinajstić information content (AvgIpc) is 2.97. The van der Waals surface area contributed by atoms with Gasteiger partial charge in [-0.05, 0) is 50.2 Å². The van der Waals surface area contributed by atoms with Crippen molar-refractivity contribution in [3.8, 4) is 5.75 Å². The van der Waals surface area contributed by atoms with Crippen LogP contribution in [-0.4, -0.2) is 39.6 Å². The van der Waals surface area contributed by atoms with Gasteiger partial charge in [0.2, 0.25) is 0 Å².